The average molecular weight is 257 g/mol. The van der Waals surface area contributed by atoms with E-state index >= 15 is 0 Å². The van der Waals surface area contributed by atoms with Crippen LogP contribution < -0.4 is 5.32 Å². The van der Waals surface area contributed by atoms with Gasteiger partial charge in [0.2, 0.25) is 0 Å². The smallest absolute Gasteiger partial charge is 0.314 e. The standard InChI is InChI=1S/C12H16N2O2.ClH/c1-8(12(15)16-2)10-6-5-9-4-3-7-13-11(9)14-10;/h5-6,8H,3-4,7H2,1-2H3,(H,13,14);1H. The molecular weight excluding hydrogens is 240 g/mol. The third-order valence-corrected chi connectivity index (χ3v) is 2.91. The van der Waals surface area contributed by atoms with Gasteiger partial charge < -0.3 is 10.1 Å². The van der Waals surface area contributed by atoms with E-state index in [1.807, 2.05) is 19.1 Å². The molecular formula is C12H17ClN2O2. The molecule has 4 nitrogen and oxygen atoms in total. The van der Waals surface area contributed by atoms with Gasteiger partial charge in [0.05, 0.1) is 18.7 Å². The molecule has 1 atom stereocenters. The Labute approximate surface area is 107 Å². The maximum atomic E-state index is 11.4. The Morgan fingerprint density at radius 1 is 1.53 bits per heavy atom. The summed E-state index contributed by atoms with van der Waals surface area (Å²) in [6, 6.07) is 3.96. The lowest BCUT2D eigenvalue weighted by Crippen LogP contribution is -2.17. The third kappa shape index (κ3) is 2.88. The number of carbonyl (C=O) groups excluding carboxylic acids is 1. The molecule has 2 rings (SSSR count). The Morgan fingerprint density at radius 3 is 3.00 bits per heavy atom. The predicted molar refractivity (Wildman–Crippen MR) is 68.7 cm³/mol. The molecule has 1 unspecified atom stereocenters. The molecule has 17 heavy (non-hydrogen) atoms. The highest BCUT2D eigenvalue weighted by Gasteiger charge is 2.19. The fraction of sp³-hybridized carbons (Fsp3) is 0.500. The maximum Gasteiger partial charge on any atom is 0.314 e. The number of fused-ring (bicyclic) bond motifs is 1. The van der Waals surface area contributed by atoms with Gasteiger partial charge in [-0.15, -0.1) is 12.4 Å². The van der Waals surface area contributed by atoms with Crippen molar-refractivity contribution >= 4 is 24.2 Å². The molecule has 1 aromatic heterocycles. The van der Waals surface area contributed by atoms with Crippen molar-refractivity contribution in [2.24, 2.45) is 0 Å². The lowest BCUT2D eigenvalue weighted by atomic mass is 10.0. The van der Waals surface area contributed by atoms with E-state index in [2.05, 4.69) is 10.3 Å². The number of hydrogen-bond acceptors (Lipinski definition) is 4. The van der Waals surface area contributed by atoms with Gasteiger partial charge in [-0.3, -0.25) is 4.79 Å². The molecule has 94 valence electrons. The first-order valence-corrected chi connectivity index (χ1v) is 5.54. The molecule has 2 heterocycles. The number of rotatable bonds is 2. The van der Waals surface area contributed by atoms with Gasteiger partial charge in [0.15, 0.2) is 0 Å². The number of nitrogens with one attached hydrogen (secondary N) is 1. The van der Waals surface area contributed by atoms with Gasteiger partial charge in [-0.1, -0.05) is 6.07 Å². The molecule has 1 aromatic rings. The van der Waals surface area contributed by atoms with E-state index in [-0.39, 0.29) is 24.3 Å². The minimum absolute atomic E-state index is 0. The third-order valence-electron chi connectivity index (χ3n) is 2.91. The summed E-state index contributed by atoms with van der Waals surface area (Å²) in [6.45, 7) is 2.76. The Bertz CT molecular complexity index is 409. The van der Waals surface area contributed by atoms with E-state index in [0.29, 0.717) is 0 Å². The minimum Gasteiger partial charge on any atom is -0.469 e. The Hall–Kier alpha value is -1.29. The first-order valence-electron chi connectivity index (χ1n) is 5.54. The summed E-state index contributed by atoms with van der Waals surface area (Å²) in [5, 5.41) is 3.25. The Balaban J connectivity index is 0.00000144. The zero-order valence-corrected chi connectivity index (χ0v) is 10.8. The number of halogens is 1. The van der Waals surface area contributed by atoms with Crippen LogP contribution in [0.4, 0.5) is 5.82 Å². The topological polar surface area (TPSA) is 51.2 Å². The van der Waals surface area contributed by atoms with Gasteiger partial charge in [-0.2, -0.15) is 0 Å². The molecule has 0 bridgehead atoms. The molecule has 0 amide bonds. The fourth-order valence-corrected chi connectivity index (χ4v) is 1.88. The molecule has 0 aliphatic carbocycles. The van der Waals surface area contributed by atoms with Gasteiger partial charge in [-0.25, -0.2) is 4.98 Å². The maximum absolute atomic E-state index is 11.4. The van der Waals surface area contributed by atoms with Crippen LogP contribution in [0.1, 0.15) is 30.5 Å². The summed E-state index contributed by atoms with van der Waals surface area (Å²) >= 11 is 0. The second-order valence-electron chi connectivity index (χ2n) is 4.02. The summed E-state index contributed by atoms with van der Waals surface area (Å²) in [7, 11) is 1.40. The van der Waals surface area contributed by atoms with Crippen molar-refractivity contribution in [3.05, 3.63) is 23.4 Å². The van der Waals surface area contributed by atoms with Crippen molar-refractivity contribution in [2.75, 3.05) is 19.0 Å². The molecule has 0 aromatic carbocycles. The first-order chi connectivity index (χ1) is 7.72. The number of methoxy groups -OCH3 is 1. The molecule has 0 saturated heterocycles. The lowest BCUT2D eigenvalue weighted by molar-refractivity contribution is -0.142. The highest BCUT2D eigenvalue weighted by molar-refractivity contribution is 5.85. The molecule has 0 radical (unpaired) electrons. The van der Waals surface area contributed by atoms with Crippen molar-refractivity contribution in [3.8, 4) is 0 Å². The quantitative estimate of drug-likeness (QED) is 0.824. The van der Waals surface area contributed by atoms with Gasteiger partial charge in [0.1, 0.15) is 5.82 Å². The molecule has 0 saturated carbocycles. The summed E-state index contributed by atoms with van der Waals surface area (Å²) in [6.07, 6.45) is 2.20. The van der Waals surface area contributed by atoms with Crippen LogP contribution in [-0.2, 0) is 16.0 Å². The van der Waals surface area contributed by atoms with E-state index < -0.39 is 0 Å². The second kappa shape index (κ2) is 5.87. The van der Waals surface area contributed by atoms with Crippen molar-refractivity contribution < 1.29 is 9.53 Å². The van der Waals surface area contributed by atoms with Crippen molar-refractivity contribution in [1.82, 2.24) is 4.98 Å². The number of nitrogens with zero attached hydrogens (tertiary/aromatic N) is 1. The minimum atomic E-state index is -0.306. The number of hydrogen-bond donors (Lipinski definition) is 1. The zero-order valence-electron chi connectivity index (χ0n) is 10.0. The first kappa shape index (κ1) is 13.8. The number of ether oxygens (including phenoxy) is 1. The van der Waals surface area contributed by atoms with Crippen LogP contribution in [0, 0.1) is 0 Å². The molecule has 5 heteroatoms. The number of carbonyl (C=O) groups is 1. The molecule has 1 N–H and O–H groups in total. The number of esters is 1. The van der Waals surface area contributed by atoms with Crippen LogP contribution in [-0.4, -0.2) is 24.6 Å². The molecule has 0 fully saturated rings. The van der Waals surface area contributed by atoms with Crippen molar-refractivity contribution in [2.45, 2.75) is 25.7 Å². The van der Waals surface area contributed by atoms with Crippen LogP contribution in [0.3, 0.4) is 0 Å². The Morgan fingerprint density at radius 2 is 2.29 bits per heavy atom. The summed E-state index contributed by atoms with van der Waals surface area (Å²) in [5.74, 6) is 0.363. The largest absolute Gasteiger partial charge is 0.469 e. The zero-order chi connectivity index (χ0) is 11.5. The van der Waals surface area contributed by atoms with Crippen LogP contribution >= 0.6 is 12.4 Å². The van der Waals surface area contributed by atoms with Crippen LogP contribution in [0.2, 0.25) is 0 Å². The number of pyridine rings is 1. The Kier molecular flexibility index (Phi) is 4.75. The summed E-state index contributed by atoms with van der Waals surface area (Å²) < 4.78 is 4.71. The van der Waals surface area contributed by atoms with Crippen molar-refractivity contribution in [3.63, 3.8) is 0 Å². The molecule has 0 spiro atoms. The average Bonchev–Trinajstić information content (AvgIpc) is 2.36. The summed E-state index contributed by atoms with van der Waals surface area (Å²) in [4.78, 5) is 15.9. The monoisotopic (exact) mass is 256 g/mol. The van der Waals surface area contributed by atoms with Crippen LogP contribution in [0.25, 0.3) is 0 Å². The van der Waals surface area contributed by atoms with E-state index in [9.17, 15) is 4.79 Å². The molecule has 1 aliphatic heterocycles. The van der Waals surface area contributed by atoms with E-state index in [1.165, 1.54) is 12.7 Å². The number of anilines is 1. The lowest BCUT2D eigenvalue weighted by Gasteiger charge is -2.18. The van der Waals surface area contributed by atoms with E-state index in [1.54, 1.807) is 0 Å². The SMILES string of the molecule is COC(=O)C(C)c1ccc2c(n1)NCCC2.Cl. The van der Waals surface area contributed by atoms with E-state index in [4.69, 9.17) is 4.74 Å². The molecule has 1 aliphatic rings. The van der Waals surface area contributed by atoms with Crippen LogP contribution in [0.5, 0.6) is 0 Å². The van der Waals surface area contributed by atoms with Crippen molar-refractivity contribution in [1.29, 1.82) is 0 Å². The highest BCUT2D eigenvalue weighted by Crippen LogP contribution is 2.23. The van der Waals surface area contributed by atoms with Gasteiger partial charge in [0.25, 0.3) is 0 Å². The number of aromatic nitrogens is 1. The van der Waals surface area contributed by atoms with Crippen LogP contribution in [0.15, 0.2) is 12.1 Å². The van der Waals surface area contributed by atoms with Gasteiger partial charge in [-0.05, 0) is 31.4 Å². The number of aryl methyl sites for hydroxylation is 1. The normalized spacial score (nSPS) is 14.9. The second-order valence-corrected chi connectivity index (χ2v) is 4.02. The fourth-order valence-electron chi connectivity index (χ4n) is 1.88. The van der Waals surface area contributed by atoms with Gasteiger partial charge in [0, 0.05) is 6.54 Å². The predicted octanol–water partition coefficient (Wildman–Crippen LogP) is 2.14. The highest BCUT2D eigenvalue weighted by atomic mass is 35.5. The summed E-state index contributed by atoms with van der Waals surface area (Å²) in [5.41, 5.74) is 1.99. The van der Waals surface area contributed by atoms with Gasteiger partial charge >= 0.3 is 5.97 Å². The van der Waals surface area contributed by atoms with E-state index in [0.717, 1.165) is 30.9 Å².